The van der Waals surface area contributed by atoms with E-state index in [1.807, 2.05) is 0 Å². The smallest absolute Gasteiger partial charge is 0.251 e. The van der Waals surface area contributed by atoms with Crippen molar-refractivity contribution in [3.63, 3.8) is 0 Å². The van der Waals surface area contributed by atoms with Crippen LogP contribution in [0.15, 0.2) is 58.7 Å². The van der Waals surface area contributed by atoms with Gasteiger partial charge in [-0.25, -0.2) is 8.42 Å². The Kier molecular flexibility index (Phi) is 5.53. The molecule has 0 unspecified atom stereocenters. The second-order valence-corrected chi connectivity index (χ2v) is 7.15. The Labute approximate surface area is 141 Å². The number of amides is 1. The average Bonchev–Trinajstić information content (AvgIpc) is 3.13. The number of carbonyl (C=O) groups is 1. The normalized spacial score (nSPS) is 12.8. The van der Waals surface area contributed by atoms with Crippen LogP contribution in [0.5, 0.6) is 0 Å². The minimum atomic E-state index is -3.79. The van der Waals surface area contributed by atoms with Gasteiger partial charge in [0.25, 0.3) is 5.91 Å². The number of carbonyl (C=O) groups excluding carboxylic acids is 1. The van der Waals surface area contributed by atoms with Crippen molar-refractivity contribution in [1.29, 1.82) is 0 Å². The molecular weight excluding hydrogens is 330 g/mol. The predicted octanol–water partition coefficient (Wildman–Crippen LogP) is 1.97. The molecule has 0 saturated heterocycles. The number of hydrogen-bond donors (Lipinski definition) is 1. The van der Waals surface area contributed by atoms with E-state index in [0.29, 0.717) is 12.2 Å². The minimum absolute atomic E-state index is 0.0339. The first-order chi connectivity index (χ1) is 11.4. The number of sulfonamides is 1. The van der Waals surface area contributed by atoms with E-state index in [-0.39, 0.29) is 16.4 Å². The van der Waals surface area contributed by atoms with Gasteiger partial charge in [-0.1, -0.05) is 17.3 Å². The molecule has 0 aliphatic carbocycles. The maximum atomic E-state index is 12.8. The molecule has 1 amide bonds. The molecule has 0 saturated carbocycles. The van der Waals surface area contributed by atoms with Crippen LogP contribution < -0.4 is 5.32 Å². The second kappa shape index (κ2) is 7.41. The summed E-state index contributed by atoms with van der Waals surface area (Å²) in [5.74, 6) is -0.362. The number of hydrogen-bond acceptors (Lipinski definition) is 5. The fourth-order valence-electron chi connectivity index (χ4n) is 2.06. The zero-order chi connectivity index (χ0) is 17.7. The third-order valence-corrected chi connectivity index (χ3v) is 5.54. The maximum absolute atomic E-state index is 12.8. The molecule has 24 heavy (non-hydrogen) atoms. The SMILES string of the molecule is C=CCNC(=O)c1cccc(S(=O)(=O)N(C)[C@@H](C)c2ccon2)c1. The minimum Gasteiger partial charge on any atom is -0.364 e. The van der Waals surface area contributed by atoms with Crippen molar-refractivity contribution in [2.24, 2.45) is 0 Å². The fourth-order valence-corrected chi connectivity index (χ4v) is 3.45. The molecule has 7 nitrogen and oxygen atoms in total. The molecule has 0 aliphatic heterocycles. The van der Waals surface area contributed by atoms with E-state index in [4.69, 9.17) is 4.52 Å². The van der Waals surface area contributed by atoms with E-state index in [1.165, 1.54) is 35.8 Å². The van der Waals surface area contributed by atoms with Crippen molar-refractivity contribution in [2.75, 3.05) is 13.6 Å². The molecule has 2 rings (SSSR count). The lowest BCUT2D eigenvalue weighted by atomic mass is 10.2. The lowest BCUT2D eigenvalue weighted by molar-refractivity contribution is 0.0958. The van der Waals surface area contributed by atoms with Gasteiger partial charge in [0.05, 0.1) is 10.9 Å². The van der Waals surface area contributed by atoms with Gasteiger partial charge >= 0.3 is 0 Å². The van der Waals surface area contributed by atoms with Gasteiger partial charge in [-0.3, -0.25) is 4.79 Å². The Bertz CT molecular complexity index is 816. The van der Waals surface area contributed by atoms with Gasteiger partial charge in [-0.15, -0.1) is 6.58 Å². The third-order valence-electron chi connectivity index (χ3n) is 3.61. The Morgan fingerprint density at radius 3 is 2.83 bits per heavy atom. The summed E-state index contributed by atoms with van der Waals surface area (Å²) in [7, 11) is -2.33. The highest BCUT2D eigenvalue weighted by atomic mass is 32.2. The van der Waals surface area contributed by atoms with E-state index < -0.39 is 16.1 Å². The van der Waals surface area contributed by atoms with Gasteiger partial charge in [-0.05, 0) is 25.1 Å². The molecule has 128 valence electrons. The van der Waals surface area contributed by atoms with Crippen LogP contribution in [0.3, 0.4) is 0 Å². The number of rotatable bonds is 7. The van der Waals surface area contributed by atoms with Crippen LogP contribution in [0.25, 0.3) is 0 Å². The topological polar surface area (TPSA) is 92.5 Å². The standard InChI is InChI=1S/C16H19N3O4S/c1-4-9-17-16(20)13-6-5-7-14(11-13)24(21,22)19(3)12(2)15-8-10-23-18-15/h4-8,10-12H,1,9H2,2-3H3,(H,17,20)/t12-/m0/s1. The maximum Gasteiger partial charge on any atom is 0.251 e. The molecule has 0 bridgehead atoms. The molecule has 1 N–H and O–H groups in total. The van der Waals surface area contributed by atoms with E-state index in [2.05, 4.69) is 17.1 Å². The summed E-state index contributed by atoms with van der Waals surface area (Å²) >= 11 is 0. The Balaban J connectivity index is 2.29. The first-order valence-corrected chi connectivity index (χ1v) is 8.69. The van der Waals surface area contributed by atoms with Crippen molar-refractivity contribution in [3.05, 3.63) is 60.5 Å². The summed E-state index contributed by atoms with van der Waals surface area (Å²) in [5.41, 5.74) is 0.765. The van der Waals surface area contributed by atoms with Gasteiger partial charge < -0.3 is 9.84 Å². The highest BCUT2D eigenvalue weighted by Gasteiger charge is 2.28. The van der Waals surface area contributed by atoms with Crippen LogP contribution >= 0.6 is 0 Å². The largest absolute Gasteiger partial charge is 0.364 e. The summed E-state index contributed by atoms with van der Waals surface area (Å²) in [4.78, 5) is 12.0. The van der Waals surface area contributed by atoms with E-state index in [9.17, 15) is 13.2 Å². The summed E-state index contributed by atoms with van der Waals surface area (Å²) in [6.07, 6.45) is 2.93. The third kappa shape index (κ3) is 3.72. The zero-order valence-corrected chi connectivity index (χ0v) is 14.3. The van der Waals surface area contributed by atoms with Gasteiger partial charge in [0, 0.05) is 25.2 Å². The van der Waals surface area contributed by atoms with E-state index >= 15 is 0 Å². The first-order valence-electron chi connectivity index (χ1n) is 7.25. The summed E-state index contributed by atoms with van der Waals surface area (Å²) < 4.78 is 31.5. The summed E-state index contributed by atoms with van der Waals surface area (Å²) in [6.45, 7) is 5.53. The summed E-state index contributed by atoms with van der Waals surface area (Å²) in [5, 5.41) is 6.38. The van der Waals surface area contributed by atoms with Crippen LogP contribution in [0.1, 0.15) is 29.0 Å². The molecule has 1 heterocycles. The number of aromatic nitrogens is 1. The quantitative estimate of drug-likeness (QED) is 0.772. The monoisotopic (exact) mass is 349 g/mol. The molecule has 0 fully saturated rings. The van der Waals surface area contributed by atoms with Crippen LogP contribution in [0.4, 0.5) is 0 Å². The highest BCUT2D eigenvalue weighted by Crippen LogP contribution is 2.25. The lowest BCUT2D eigenvalue weighted by Gasteiger charge is -2.22. The Morgan fingerprint density at radius 2 is 2.21 bits per heavy atom. The molecule has 0 spiro atoms. The van der Waals surface area contributed by atoms with Crippen molar-refractivity contribution in [3.8, 4) is 0 Å². The van der Waals surface area contributed by atoms with Crippen LogP contribution in [-0.4, -0.2) is 37.4 Å². The lowest BCUT2D eigenvalue weighted by Crippen LogP contribution is -2.30. The predicted molar refractivity (Wildman–Crippen MR) is 88.8 cm³/mol. The van der Waals surface area contributed by atoms with Gasteiger partial charge in [0.15, 0.2) is 0 Å². The van der Waals surface area contributed by atoms with Gasteiger partial charge in [0.2, 0.25) is 10.0 Å². The van der Waals surface area contributed by atoms with Crippen molar-refractivity contribution in [2.45, 2.75) is 17.9 Å². The van der Waals surface area contributed by atoms with Crippen LogP contribution in [-0.2, 0) is 10.0 Å². The zero-order valence-electron chi connectivity index (χ0n) is 13.5. The highest BCUT2D eigenvalue weighted by molar-refractivity contribution is 7.89. The Hall–Kier alpha value is -2.45. The molecule has 1 aromatic carbocycles. The van der Waals surface area contributed by atoms with Crippen LogP contribution in [0, 0.1) is 0 Å². The second-order valence-electron chi connectivity index (χ2n) is 5.15. The van der Waals surface area contributed by atoms with Crippen LogP contribution in [0.2, 0.25) is 0 Å². The molecule has 1 aromatic heterocycles. The molecule has 0 aliphatic rings. The van der Waals surface area contributed by atoms with E-state index in [0.717, 1.165) is 0 Å². The number of benzene rings is 1. The van der Waals surface area contributed by atoms with Gasteiger partial charge in [0.1, 0.15) is 12.0 Å². The fraction of sp³-hybridized carbons (Fsp3) is 0.250. The average molecular weight is 349 g/mol. The first kappa shape index (κ1) is 17.9. The molecular formula is C16H19N3O4S. The Morgan fingerprint density at radius 1 is 1.46 bits per heavy atom. The molecule has 1 atom stereocenters. The molecule has 8 heteroatoms. The van der Waals surface area contributed by atoms with Crippen molar-refractivity contribution >= 4 is 15.9 Å². The van der Waals surface area contributed by atoms with Crippen molar-refractivity contribution in [1.82, 2.24) is 14.8 Å². The number of nitrogens with zero attached hydrogens (tertiary/aromatic N) is 2. The summed E-state index contributed by atoms with van der Waals surface area (Å²) in [6, 6.07) is 6.98. The van der Waals surface area contributed by atoms with Crippen molar-refractivity contribution < 1.29 is 17.7 Å². The van der Waals surface area contributed by atoms with E-state index in [1.54, 1.807) is 25.1 Å². The van der Waals surface area contributed by atoms with Gasteiger partial charge in [-0.2, -0.15) is 4.31 Å². The molecule has 0 radical (unpaired) electrons. The molecule has 2 aromatic rings. The number of nitrogens with one attached hydrogen (secondary N) is 1.